The molecule has 1 saturated heterocycles. The highest BCUT2D eigenvalue weighted by molar-refractivity contribution is 5.04. The van der Waals surface area contributed by atoms with Crippen molar-refractivity contribution in [2.45, 2.75) is 25.1 Å². The number of alkyl halides is 3. The van der Waals surface area contributed by atoms with Crippen LogP contribution in [0.2, 0.25) is 0 Å². The highest BCUT2D eigenvalue weighted by Gasteiger charge is 2.34. The smallest absolute Gasteiger partial charge is 0.315 e. The molecule has 1 aromatic rings. The Balaban J connectivity index is 2.28. The summed E-state index contributed by atoms with van der Waals surface area (Å²) in [6.07, 6.45) is -2.92. The molecule has 1 unspecified atom stereocenters. The first kappa shape index (κ1) is 11.3. The number of H-pyrrole nitrogens is 1. The van der Waals surface area contributed by atoms with Crippen molar-refractivity contribution >= 4 is 0 Å². The quantitative estimate of drug-likeness (QED) is 0.766. The summed E-state index contributed by atoms with van der Waals surface area (Å²) >= 11 is 0. The minimum atomic E-state index is -4.49. The Labute approximate surface area is 89.4 Å². The van der Waals surface area contributed by atoms with Crippen molar-refractivity contribution in [2.24, 2.45) is 0 Å². The van der Waals surface area contributed by atoms with E-state index in [-0.39, 0.29) is 6.04 Å². The molecule has 1 aliphatic heterocycles. The highest BCUT2D eigenvalue weighted by atomic mass is 19.4. The molecular weight excluding hydrogens is 223 g/mol. The van der Waals surface area contributed by atoms with Gasteiger partial charge in [-0.15, -0.1) is 0 Å². The predicted octanol–water partition coefficient (Wildman–Crippen LogP) is 1.12. The maximum Gasteiger partial charge on any atom is 0.432 e. The summed E-state index contributed by atoms with van der Waals surface area (Å²) in [5.41, 5.74) is -1.61. The Morgan fingerprint density at radius 3 is 2.69 bits per heavy atom. The van der Waals surface area contributed by atoms with E-state index in [0.717, 1.165) is 17.6 Å². The largest absolute Gasteiger partial charge is 0.432 e. The maximum atomic E-state index is 12.3. The number of nitrogens with zero attached hydrogens (tertiary/aromatic N) is 1. The molecule has 4 nitrogen and oxygen atoms in total. The van der Waals surface area contributed by atoms with E-state index in [4.69, 9.17) is 0 Å². The van der Waals surface area contributed by atoms with Gasteiger partial charge >= 0.3 is 6.18 Å². The first-order chi connectivity index (χ1) is 7.48. The number of hydrogen-bond donors (Lipinski definition) is 2. The van der Waals surface area contributed by atoms with E-state index >= 15 is 0 Å². The lowest BCUT2D eigenvalue weighted by Crippen LogP contribution is -2.35. The summed E-state index contributed by atoms with van der Waals surface area (Å²) < 4.78 is 38.1. The van der Waals surface area contributed by atoms with Gasteiger partial charge in [0.1, 0.15) is 5.69 Å². The van der Waals surface area contributed by atoms with Crippen LogP contribution < -0.4 is 10.9 Å². The molecule has 2 heterocycles. The zero-order valence-electron chi connectivity index (χ0n) is 8.47. The van der Waals surface area contributed by atoms with Gasteiger partial charge in [-0.25, -0.2) is 4.68 Å². The molecule has 16 heavy (non-hydrogen) atoms. The molecule has 1 atom stereocenters. The second kappa shape index (κ2) is 3.97. The number of rotatable bonds is 1. The summed E-state index contributed by atoms with van der Waals surface area (Å²) in [5, 5.41) is 5.18. The summed E-state index contributed by atoms with van der Waals surface area (Å²) in [4.78, 5) is 11.4. The minimum absolute atomic E-state index is 0.211. The van der Waals surface area contributed by atoms with Gasteiger partial charge < -0.3 is 5.32 Å². The third-order valence-corrected chi connectivity index (χ3v) is 2.69. The van der Waals surface area contributed by atoms with Crippen LogP contribution in [0.5, 0.6) is 0 Å². The van der Waals surface area contributed by atoms with Crippen LogP contribution >= 0.6 is 0 Å². The van der Waals surface area contributed by atoms with Crippen LogP contribution in [0.4, 0.5) is 13.2 Å². The van der Waals surface area contributed by atoms with Gasteiger partial charge in [0.25, 0.3) is 5.56 Å². The Kier molecular flexibility index (Phi) is 2.79. The van der Waals surface area contributed by atoms with E-state index in [1.54, 1.807) is 0 Å². The Bertz CT molecular complexity index is 414. The van der Waals surface area contributed by atoms with Crippen LogP contribution in [0, 0.1) is 0 Å². The molecular formula is C9H12F3N3O. The molecule has 0 bridgehead atoms. The lowest BCUT2D eigenvalue weighted by atomic mass is 10.1. The SMILES string of the molecule is O=c1cc(C(F)(F)F)[nH]n1C1CCCNC1. The van der Waals surface area contributed by atoms with Crippen LogP contribution in [0.15, 0.2) is 10.9 Å². The second-order valence-corrected chi connectivity index (χ2v) is 3.88. The van der Waals surface area contributed by atoms with Gasteiger partial charge in [0, 0.05) is 12.6 Å². The fraction of sp³-hybridized carbons (Fsp3) is 0.667. The number of halogens is 3. The van der Waals surface area contributed by atoms with E-state index in [9.17, 15) is 18.0 Å². The van der Waals surface area contributed by atoms with Crippen molar-refractivity contribution < 1.29 is 13.2 Å². The fourth-order valence-electron chi connectivity index (χ4n) is 1.88. The summed E-state index contributed by atoms with van der Waals surface area (Å²) in [5.74, 6) is 0. The molecule has 2 rings (SSSR count). The molecule has 1 aliphatic rings. The Hall–Kier alpha value is -1.24. The third kappa shape index (κ3) is 2.13. The predicted molar refractivity (Wildman–Crippen MR) is 51.2 cm³/mol. The first-order valence-electron chi connectivity index (χ1n) is 5.08. The van der Waals surface area contributed by atoms with Gasteiger partial charge in [-0.3, -0.25) is 9.89 Å². The monoisotopic (exact) mass is 235 g/mol. The molecule has 0 saturated carbocycles. The summed E-state index contributed by atoms with van der Waals surface area (Å²) in [6, 6.07) is 0.395. The lowest BCUT2D eigenvalue weighted by Gasteiger charge is -2.23. The van der Waals surface area contributed by atoms with Crippen molar-refractivity contribution in [3.63, 3.8) is 0 Å². The van der Waals surface area contributed by atoms with Crippen LogP contribution in [0.25, 0.3) is 0 Å². The van der Waals surface area contributed by atoms with E-state index in [2.05, 4.69) is 10.4 Å². The van der Waals surface area contributed by atoms with Crippen molar-refractivity contribution in [3.8, 4) is 0 Å². The van der Waals surface area contributed by atoms with Crippen molar-refractivity contribution in [2.75, 3.05) is 13.1 Å². The molecule has 90 valence electrons. The fourth-order valence-corrected chi connectivity index (χ4v) is 1.88. The van der Waals surface area contributed by atoms with Crippen molar-refractivity contribution in [1.29, 1.82) is 0 Å². The first-order valence-corrected chi connectivity index (χ1v) is 5.08. The zero-order chi connectivity index (χ0) is 11.8. The van der Waals surface area contributed by atoms with Gasteiger partial charge in [-0.05, 0) is 19.4 Å². The number of aromatic nitrogens is 2. The number of hydrogen-bond acceptors (Lipinski definition) is 2. The number of aromatic amines is 1. The molecule has 1 aromatic heterocycles. The minimum Gasteiger partial charge on any atom is -0.315 e. The standard InChI is InChI=1S/C9H12F3N3O/c10-9(11,12)7-4-8(16)15(14-7)6-2-1-3-13-5-6/h4,6,13-14H,1-3,5H2. The molecule has 0 spiro atoms. The van der Waals surface area contributed by atoms with E-state index < -0.39 is 17.4 Å². The van der Waals surface area contributed by atoms with Crippen molar-refractivity contribution in [1.82, 2.24) is 15.1 Å². The molecule has 7 heteroatoms. The average Bonchev–Trinajstić information content (AvgIpc) is 2.61. The normalized spacial score (nSPS) is 22.3. The van der Waals surface area contributed by atoms with Crippen LogP contribution in [-0.2, 0) is 6.18 Å². The molecule has 0 aliphatic carbocycles. The van der Waals surface area contributed by atoms with Crippen LogP contribution in [0.3, 0.4) is 0 Å². The zero-order valence-corrected chi connectivity index (χ0v) is 8.47. The highest BCUT2D eigenvalue weighted by Crippen LogP contribution is 2.27. The lowest BCUT2D eigenvalue weighted by molar-refractivity contribution is -0.141. The van der Waals surface area contributed by atoms with E-state index in [1.165, 1.54) is 0 Å². The third-order valence-electron chi connectivity index (χ3n) is 2.69. The maximum absolute atomic E-state index is 12.3. The van der Waals surface area contributed by atoms with Gasteiger partial charge in [-0.1, -0.05) is 0 Å². The van der Waals surface area contributed by atoms with Gasteiger partial charge in [-0.2, -0.15) is 13.2 Å². The van der Waals surface area contributed by atoms with Crippen LogP contribution in [-0.4, -0.2) is 22.9 Å². The summed E-state index contributed by atoms with van der Waals surface area (Å²) in [7, 11) is 0. The van der Waals surface area contributed by atoms with Crippen molar-refractivity contribution in [3.05, 3.63) is 22.1 Å². The van der Waals surface area contributed by atoms with Gasteiger partial charge in [0.15, 0.2) is 0 Å². The summed E-state index contributed by atoms with van der Waals surface area (Å²) in [6.45, 7) is 1.37. The Morgan fingerprint density at radius 2 is 2.19 bits per heavy atom. The molecule has 0 radical (unpaired) electrons. The van der Waals surface area contributed by atoms with E-state index in [1.807, 2.05) is 0 Å². The molecule has 0 amide bonds. The number of piperidine rings is 1. The van der Waals surface area contributed by atoms with Gasteiger partial charge in [0.2, 0.25) is 0 Å². The second-order valence-electron chi connectivity index (χ2n) is 3.88. The van der Waals surface area contributed by atoms with E-state index in [0.29, 0.717) is 19.0 Å². The number of nitrogens with one attached hydrogen (secondary N) is 2. The average molecular weight is 235 g/mol. The molecule has 0 aromatic carbocycles. The molecule has 1 fully saturated rings. The van der Waals surface area contributed by atoms with Gasteiger partial charge in [0.05, 0.1) is 6.04 Å². The Morgan fingerprint density at radius 1 is 1.44 bits per heavy atom. The molecule has 2 N–H and O–H groups in total. The van der Waals surface area contributed by atoms with Crippen LogP contribution in [0.1, 0.15) is 24.6 Å². The topological polar surface area (TPSA) is 49.8 Å².